The van der Waals surface area contributed by atoms with Gasteiger partial charge in [0.1, 0.15) is 18.1 Å². The molecule has 1 N–H and O–H groups in total. The van der Waals surface area contributed by atoms with Gasteiger partial charge in [-0.1, -0.05) is 44.0 Å². The Labute approximate surface area is 190 Å². The molecule has 3 aromatic rings. The first-order valence-electron chi connectivity index (χ1n) is 11.6. The van der Waals surface area contributed by atoms with Crippen molar-refractivity contribution >= 4 is 11.6 Å². The summed E-state index contributed by atoms with van der Waals surface area (Å²) in [6.45, 7) is 5.77. The highest BCUT2D eigenvalue weighted by Gasteiger charge is 2.13. The summed E-state index contributed by atoms with van der Waals surface area (Å²) in [5.74, 6) is 1.42. The van der Waals surface area contributed by atoms with Gasteiger partial charge in [-0.05, 0) is 79.9 Å². The van der Waals surface area contributed by atoms with Crippen LogP contribution in [0.25, 0.3) is 0 Å². The van der Waals surface area contributed by atoms with Crippen LogP contribution in [-0.2, 0) is 19.6 Å². The number of aryl methyl sites for hydroxylation is 1. The highest BCUT2D eigenvalue weighted by Crippen LogP contribution is 2.19. The Morgan fingerprint density at radius 1 is 0.938 bits per heavy atom. The molecule has 5 nitrogen and oxygen atoms in total. The Morgan fingerprint density at radius 2 is 1.66 bits per heavy atom. The minimum absolute atomic E-state index is 0.260. The summed E-state index contributed by atoms with van der Waals surface area (Å²) < 4.78 is 11.5. The molecular formula is C27H32N2O3. The lowest BCUT2D eigenvalue weighted by atomic mass is 10.1. The fraction of sp³-hybridized carbons (Fsp3) is 0.370. The van der Waals surface area contributed by atoms with Crippen molar-refractivity contribution in [1.29, 1.82) is 0 Å². The molecule has 1 aliphatic rings. The summed E-state index contributed by atoms with van der Waals surface area (Å²) in [5, 5.41) is 2.91. The van der Waals surface area contributed by atoms with E-state index in [2.05, 4.69) is 41.4 Å². The molecule has 0 atom stereocenters. The molecule has 0 radical (unpaired) electrons. The predicted molar refractivity (Wildman–Crippen MR) is 127 cm³/mol. The average molecular weight is 433 g/mol. The van der Waals surface area contributed by atoms with Crippen LogP contribution < -0.4 is 10.1 Å². The van der Waals surface area contributed by atoms with Gasteiger partial charge in [-0.25, -0.2) is 0 Å². The second-order valence-corrected chi connectivity index (χ2v) is 8.44. The molecule has 1 aromatic heterocycles. The van der Waals surface area contributed by atoms with E-state index >= 15 is 0 Å². The highest BCUT2D eigenvalue weighted by atomic mass is 16.5. The van der Waals surface area contributed by atoms with Crippen LogP contribution >= 0.6 is 0 Å². The number of carbonyl (C=O) groups excluding carboxylic acids is 1. The fourth-order valence-corrected chi connectivity index (χ4v) is 4.03. The molecule has 1 fully saturated rings. The number of likely N-dealkylation sites (tertiary alicyclic amines) is 1. The molecule has 168 valence electrons. The number of amides is 1. The molecule has 1 amide bonds. The van der Waals surface area contributed by atoms with Gasteiger partial charge in [0.2, 0.25) is 0 Å². The first-order chi connectivity index (χ1) is 15.7. The second kappa shape index (κ2) is 11.0. The van der Waals surface area contributed by atoms with Gasteiger partial charge in [-0.3, -0.25) is 9.69 Å². The van der Waals surface area contributed by atoms with Gasteiger partial charge in [0.15, 0.2) is 5.76 Å². The molecular weight excluding hydrogens is 400 g/mol. The van der Waals surface area contributed by atoms with Crippen LogP contribution in [0.1, 0.15) is 60.0 Å². The molecule has 4 rings (SSSR count). The number of hydrogen-bond donors (Lipinski definition) is 1. The maximum absolute atomic E-state index is 12.5. The summed E-state index contributed by atoms with van der Waals surface area (Å²) in [6.07, 6.45) is 6.11. The number of nitrogens with zero attached hydrogens (tertiary/aromatic N) is 1. The summed E-state index contributed by atoms with van der Waals surface area (Å²) in [6, 6.07) is 19.6. The molecule has 2 heterocycles. The van der Waals surface area contributed by atoms with Crippen LogP contribution in [0.15, 0.2) is 65.1 Å². The summed E-state index contributed by atoms with van der Waals surface area (Å²) in [7, 11) is 0. The van der Waals surface area contributed by atoms with Gasteiger partial charge in [0, 0.05) is 12.2 Å². The van der Waals surface area contributed by atoms with Gasteiger partial charge < -0.3 is 14.5 Å². The van der Waals surface area contributed by atoms with Crippen molar-refractivity contribution in [2.75, 3.05) is 18.4 Å². The number of benzene rings is 2. The van der Waals surface area contributed by atoms with Crippen molar-refractivity contribution in [3.8, 4) is 5.75 Å². The largest absolute Gasteiger partial charge is 0.486 e. The summed E-state index contributed by atoms with van der Waals surface area (Å²) >= 11 is 0. The topological polar surface area (TPSA) is 54.7 Å². The van der Waals surface area contributed by atoms with Crippen LogP contribution in [0, 0.1) is 0 Å². The zero-order valence-electron chi connectivity index (χ0n) is 18.8. The number of rotatable bonds is 9. The molecule has 0 saturated carbocycles. The third kappa shape index (κ3) is 6.24. The van der Waals surface area contributed by atoms with Crippen LogP contribution in [-0.4, -0.2) is 23.9 Å². The van der Waals surface area contributed by atoms with E-state index in [-0.39, 0.29) is 18.3 Å². The van der Waals surface area contributed by atoms with E-state index in [0.717, 1.165) is 30.8 Å². The predicted octanol–water partition coefficient (Wildman–Crippen LogP) is 6.05. The van der Waals surface area contributed by atoms with Gasteiger partial charge in [-0.15, -0.1) is 0 Å². The lowest BCUT2D eigenvalue weighted by molar-refractivity contribution is 0.0992. The Bertz CT molecular complexity index is 987. The van der Waals surface area contributed by atoms with E-state index in [9.17, 15) is 4.79 Å². The van der Waals surface area contributed by atoms with E-state index in [1.165, 1.54) is 43.5 Å². The normalized spacial score (nSPS) is 14.3. The van der Waals surface area contributed by atoms with Crippen molar-refractivity contribution in [1.82, 2.24) is 4.90 Å². The third-order valence-electron chi connectivity index (χ3n) is 5.80. The highest BCUT2D eigenvalue weighted by molar-refractivity contribution is 6.02. The standard InChI is InChI=1S/C27H32N2O3/c1-2-6-21-9-13-24(14-10-21)31-20-25-15-16-26(32-25)27(30)28-23-11-7-22(8-12-23)19-29-17-4-3-5-18-29/h7-16H,2-6,17-20H2,1H3,(H,28,30). The van der Waals surface area contributed by atoms with Gasteiger partial charge in [0.25, 0.3) is 5.91 Å². The lowest BCUT2D eigenvalue weighted by Crippen LogP contribution is -2.29. The van der Waals surface area contributed by atoms with Crippen LogP contribution in [0.4, 0.5) is 5.69 Å². The lowest BCUT2D eigenvalue weighted by Gasteiger charge is -2.26. The van der Waals surface area contributed by atoms with Gasteiger partial charge >= 0.3 is 0 Å². The number of ether oxygens (including phenoxy) is 1. The molecule has 0 spiro atoms. The number of nitrogens with one attached hydrogen (secondary N) is 1. The minimum atomic E-state index is -0.260. The summed E-state index contributed by atoms with van der Waals surface area (Å²) in [4.78, 5) is 15.0. The molecule has 2 aromatic carbocycles. The number of hydrogen-bond acceptors (Lipinski definition) is 4. The minimum Gasteiger partial charge on any atom is -0.486 e. The Balaban J connectivity index is 1.26. The number of piperidine rings is 1. The monoisotopic (exact) mass is 432 g/mol. The van der Waals surface area contributed by atoms with Crippen molar-refractivity contribution in [3.05, 3.63) is 83.3 Å². The van der Waals surface area contributed by atoms with Crippen molar-refractivity contribution < 1.29 is 13.9 Å². The van der Waals surface area contributed by atoms with Crippen molar-refractivity contribution in [2.45, 2.75) is 52.2 Å². The number of anilines is 1. The van der Waals surface area contributed by atoms with E-state index in [1.807, 2.05) is 24.3 Å². The molecule has 1 saturated heterocycles. The quantitative estimate of drug-likeness (QED) is 0.447. The Hall–Kier alpha value is -3.05. The molecule has 0 aliphatic carbocycles. The molecule has 32 heavy (non-hydrogen) atoms. The number of carbonyl (C=O) groups is 1. The second-order valence-electron chi connectivity index (χ2n) is 8.44. The van der Waals surface area contributed by atoms with Crippen LogP contribution in [0.3, 0.4) is 0 Å². The van der Waals surface area contributed by atoms with Crippen molar-refractivity contribution in [2.24, 2.45) is 0 Å². The van der Waals surface area contributed by atoms with Crippen LogP contribution in [0.2, 0.25) is 0 Å². The van der Waals surface area contributed by atoms with E-state index in [4.69, 9.17) is 9.15 Å². The Morgan fingerprint density at radius 3 is 2.38 bits per heavy atom. The molecule has 0 unspecified atom stereocenters. The van der Waals surface area contributed by atoms with Gasteiger partial charge in [-0.2, -0.15) is 0 Å². The third-order valence-corrected chi connectivity index (χ3v) is 5.80. The Kier molecular flexibility index (Phi) is 7.62. The van der Waals surface area contributed by atoms with Crippen LogP contribution in [0.5, 0.6) is 5.75 Å². The number of furan rings is 1. The zero-order chi connectivity index (χ0) is 22.2. The SMILES string of the molecule is CCCc1ccc(OCc2ccc(C(=O)Nc3ccc(CN4CCCCC4)cc3)o2)cc1. The van der Waals surface area contributed by atoms with E-state index in [1.54, 1.807) is 12.1 Å². The fourth-order valence-electron chi connectivity index (χ4n) is 4.03. The van der Waals surface area contributed by atoms with E-state index in [0.29, 0.717) is 5.76 Å². The molecule has 0 bridgehead atoms. The zero-order valence-corrected chi connectivity index (χ0v) is 18.8. The van der Waals surface area contributed by atoms with Gasteiger partial charge in [0.05, 0.1) is 0 Å². The molecule has 1 aliphatic heterocycles. The summed E-state index contributed by atoms with van der Waals surface area (Å²) in [5.41, 5.74) is 3.33. The first kappa shape index (κ1) is 22.2. The maximum Gasteiger partial charge on any atom is 0.291 e. The smallest absolute Gasteiger partial charge is 0.291 e. The maximum atomic E-state index is 12.5. The van der Waals surface area contributed by atoms with Crippen molar-refractivity contribution in [3.63, 3.8) is 0 Å². The van der Waals surface area contributed by atoms with E-state index < -0.39 is 0 Å². The average Bonchev–Trinajstić information content (AvgIpc) is 3.30. The molecule has 5 heteroatoms. The first-order valence-corrected chi connectivity index (χ1v) is 11.6.